The summed E-state index contributed by atoms with van der Waals surface area (Å²) in [7, 11) is 0. The van der Waals surface area contributed by atoms with E-state index < -0.39 is 0 Å². The maximum Gasteiger partial charge on any atom is 0.256 e. The van der Waals surface area contributed by atoms with E-state index in [0.29, 0.717) is 29.8 Å². The number of fused-ring (bicyclic) bond motifs is 2. The van der Waals surface area contributed by atoms with Crippen LogP contribution in [0.3, 0.4) is 0 Å². The van der Waals surface area contributed by atoms with Gasteiger partial charge in [0.25, 0.3) is 11.8 Å². The molecule has 1 aromatic heterocycles. The molecule has 5 rings (SSSR count). The zero-order valence-corrected chi connectivity index (χ0v) is 17.8. The average molecular weight is 442 g/mol. The van der Waals surface area contributed by atoms with Crippen molar-refractivity contribution in [2.45, 2.75) is 16.2 Å². The second kappa shape index (κ2) is 8.68. The first-order valence-corrected chi connectivity index (χ1v) is 10.9. The Morgan fingerprint density at radius 2 is 1.84 bits per heavy atom. The Hall–Kier alpha value is -3.91. The van der Waals surface area contributed by atoms with Crippen LogP contribution in [0.2, 0.25) is 0 Å². The number of rotatable bonds is 5. The number of nitrogens with zero attached hydrogens (tertiary/aromatic N) is 2. The van der Waals surface area contributed by atoms with Gasteiger partial charge in [-0.1, -0.05) is 53.4 Å². The smallest absolute Gasteiger partial charge is 0.256 e. The summed E-state index contributed by atoms with van der Waals surface area (Å²) in [6, 6.07) is 20.9. The molecular weight excluding hydrogens is 422 g/mol. The number of aromatic amines is 1. The fourth-order valence-corrected chi connectivity index (χ4v) is 4.53. The van der Waals surface area contributed by atoms with E-state index in [0.717, 1.165) is 26.6 Å². The van der Waals surface area contributed by atoms with Crippen LogP contribution < -0.4 is 10.6 Å². The number of H-pyrrole nitrogens is 1. The number of carbonyl (C=O) groups is 2. The quantitative estimate of drug-likeness (QED) is 0.432. The van der Waals surface area contributed by atoms with Crippen molar-refractivity contribution in [3.8, 4) is 11.3 Å². The maximum atomic E-state index is 12.7. The van der Waals surface area contributed by atoms with E-state index in [9.17, 15) is 9.59 Å². The molecule has 1 aliphatic rings. The highest BCUT2D eigenvalue weighted by molar-refractivity contribution is 7.99. The SMILES string of the molecule is O=C(NCCc1ccc(-c2cnn[nH]2)cc1)c1ccc2c(c1)NC(=O)c1ccccc1S2. The van der Waals surface area contributed by atoms with E-state index in [4.69, 9.17) is 0 Å². The van der Waals surface area contributed by atoms with Crippen LogP contribution in [0.15, 0.2) is 82.7 Å². The topological polar surface area (TPSA) is 99.8 Å². The van der Waals surface area contributed by atoms with E-state index in [1.807, 2.05) is 48.5 Å². The van der Waals surface area contributed by atoms with Crippen LogP contribution in [0.4, 0.5) is 5.69 Å². The zero-order valence-electron chi connectivity index (χ0n) is 17.0. The predicted octanol–water partition coefficient (Wildman–Crippen LogP) is 4.16. The van der Waals surface area contributed by atoms with Gasteiger partial charge in [-0.3, -0.25) is 14.7 Å². The van der Waals surface area contributed by atoms with Crippen LogP contribution >= 0.6 is 11.8 Å². The van der Waals surface area contributed by atoms with Crippen molar-refractivity contribution in [1.82, 2.24) is 20.7 Å². The molecule has 2 amide bonds. The Labute approximate surface area is 188 Å². The highest BCUT2D eigenvalue weighted by Gasteiger charge is 2.20. The Morgan fingerprint density at radius 1 is 1.00 bits per heavy atom. The average Bonchev–Trinajstić information content (AvgIpc) is 3.31. The molecule has 3 N–H and O–H groups in total. The summed E-state index contributed by atoms with van der Waals surface area (Å²) in [5.74, 6) is -0.340. The number of benzene rings is 3. The van der Waals surface area contributed by atoms with Gasteiger partial charge in [0.05, 0.1) is 23.1 Å². The van der Waals surface area contributed by atoms with Gasteiger partial charge in [0.15, 0.2) is 0 Å². The summed E-state index contributed by atoms with van der Waals surface area (Å²) in [4.78, 5) is 27.0. The van der Waals surface area contributed by atoms with Crippen LogP contribution in [0.1, 0.15) is 26.3 Å². The van der Waals surface area contributed by atoms with Crippen molar-refractivity contribution >= 4 is 29.3 Å². The van der Waals surface area contributed by atoms with E-state index in [1.165, 1.54) is 11.8 Å². The largest absolute Gasteiger partial charge is 0.352 e. The summed E-state index contributed by atoms with van der Waals surface area (Å²) in [6.07, 6.45) is 2.38. The number of hydrogen-bond donors (Lipinski definition) is 3. The summed E-state index contributed by atoms with van der Waals surface area (Å²) >= 11 is 1.52. The molecule has 0 aliphatic carbocycles. The normalized spacial score (nSPS) is 12.3. The lowest BCUT2D eigenvalue weighted by Crippen LogP contribution is -2.25. The molecule has 4 aromatic rings. The van der Waals surface area contributed by atoms with Crippen LogP contribution in [-0.2, 0) is 6.42 Å². The fourth-order valence-electron chi connectivity index (χ4n) is 3.52. The molecular formula is C24H19N5O2S. The van der Waals surface area contributed by atoms with Crippen molar-refractivity contribution in [1.29, 1.82) is 0 Å². The number of anilines is 1. The molecule has 0 saturated heterocycles. The fraction of sp³-hybridized carbons (Fsp3) is 0.0833. The Kier molecular flexibility index (Phi) is 5.43. The molecule has 7 nitrogen and oxygen atoms in total. The van der Waals surface area contributed by atoms with Gasteiger partial charge >= 0.3 is 0 Å². The Balaban J connectivity index is 1.22. The molecule has 1 aliphatic heterocycles. The minimum absolute atomic E-state index is 0.168. The van der Waals surface area contributed by atoms with Gasteiger partial charge in [0.2, 0.25) is 0 Å². The van der Waals surface area contributed by atoms with Crippen LogP contribution in [-0.4, -0.2) is 33.8 Å². The van der Waals surface area contributed by atoms with Crippen molar-refractivity contribution in [2.75, 3.05) is 11.9 Å². The number of carbonyl (C=O) groups excluding carboxylic acids is 2. The molecule has 2 heterocycles. The summed E-state index contributed by atoms with van der Waals surface area (Å²) in [5, 5.41) is 16.2. The van der Waals surface area contributed by atoms with E-state index in [1.54, 1.807) is 24.4 Å². The molecule has 0 fully saturated rings. The number of aromatic nitrogens is 3. The van der Waals surface area contributed by atoms with Gasteiger partial charge in [-0.2, -0.15) is 0 Å². The van der Waals surface area contributed by atoms with Gasteiger partial charge in [0.1, 0.15) is 0 Å². The summed E-state index contributed by atoms with van der Waals surface area (Å²) in [5.41, 5.74) is 4.78. The standard InChI is InChI=1S/C24H19N5O2S/c30-23(25-12-11-15-5-7-16(8-6-15)20-14-26-29-28-20)17-9-10-22-19(13-17)27-24(31)18-3-1-2-4-21(18)32-22/h1-10,13-14H,11-12H2,(H,25,30)(H,27,31)(H,26,28,29). The third kappa shape index (κ3) is 4.13. The summed E-state index contributed by atoms with van der Waals surface area (Å²) in [6.45, 7) is 0.507. The lowest BCUT2D eigenvalue weighted by Gasteiger charge is -2.10. The van der Waals surface area contributed by atoms with Gasteiger partial charge < -0.3 is 10.6 Å². The third-order valence-electron chi connectivity index (χ3n) is 5.22. The monoisotopic (exact) mass is 441 g/mol. The molecule has 0 spiro atoms. The van der Waals surface area contributed by atoms with Crippen LogP contribution in [0.5, 0.6) is 0 Å². The number of nitrogens with one attached hydrogen (secondary N) is 3. The van der Waals surface area contributed by atoms with Gasteiger partial charge in [0, 0.05) is 27.5 Å². The van der Waals surface area contributed by atoms with E-state index in [-0.39, 0.29) is 11.8 Å². The second-order valence-electron chi connectivity index (χ2n) is 7.34. The lowest BCUT2D eigenvalue weighted by molar-refractivity contribution is 0.0952. The lowest BCUT2D eigenvalue weighted by atomic mass is 10.1. The van der Waals surface area contributed by atoms with Gasteiger partial charge in [-0.05, 0) is 42.3 Å². The van der Waals surface area contributed by atoms with Crippen LogP contribution in [0, 0.1) is 0 Å². The highest BCUT2D eigenvalue weighted by Crippen LogP contribution is 2.38. The minimum atomic E-state index is -0.172. The number of amides is 2. The Morgan fingerprint density at radius 3 is 2.66 bits per heavy atom. The predicted molar refractivity (Wildman–Crippen MR) is 123 cm³/mol. The number of hydrogen-bond acceptors (Lipinski definition) is 5. The highest BCUT2D eigenvalue weighted by atomic mass is 32.2. The molecule has 0 radical (unpaired) electrons. The molecule has 158 valence electrons. The molecule has 0 saturated carbocycles. The Bertz CT molecular complexity index is 1290. The molecule has 0 unspecified atom stereocenters. The van der Waals surface area contributed by atoms with Crippen molar-refractivity contribution in [3.63, 3.8) is 0 Å². The van der Waals surface area contributed by atoms with E-state index in [2.05, 4.69) is 26.0 Å². The first-order valence-electron chi connectivity index (χ1n) is 10.1. The van der Waals surface area contributed by atoms with Crippen molar-refractivity contribution in [3.05, 3.63) is 89.6 Å². The molecule has 3 aromatic carbocycles. The first-order chi connectivity index (χ1) is 15.7. The van der Waals surface area contributed by atoms with Crippen LogP contribution in [0.25, 0.3) is 11.3 Å². The molecule has 8 heteroatoms. The molecule has 0 atom stereocenters. The minimum Gasteiger partial charge on any atom is -0.352 e. The van der Waals surface area contributed by atoms with Gasteiger partial charge in [-0.15, -0.1) is 5.10 Å². The van der Waals surface area contributed by atoms with Crippen molar-refractivity contribution in [2.24, 2.45) is 0 Å². The van der Waals surface area contributed by atoms with Crippen molar-refractivity contribution < 1.29 is 9.59 Å². The first kappa shape index (κ1) is 20.0. The van der Waals surface area contributed by atoms with Gasteiger partial charge in [-0.25, -0.2) is 0 Å². The molecule has 0 bridgehead atoms. The maximum absolute atomic E-state index is 12.7. The summed E-state index contributed by atoms with van der Waals surface area (Å²) < 4.78 is 0. The van der Waals surface area contributed by atoms with E-state index >= 15 is 0 Å². The molecule has 32 heavy (non-hydrogen) atoms. The third-order valence-corrected chi connectivity index (χ3v) is 6.37. The zero-order chi connectivity index (χ0) is 21.9. The second-order valence-corrected chi connectivity index (χ2v) is 8.42.